The molecule has 1 aliphatic rings. The summed E-state index contributed by atoms with van der Waals surface area (Å²) in [5, 5.41) is 9.01. The van der Waals surface area contributed by atoms with E-state index in [1.165, 1.54) is 18.4 Å². The zero-order chi connectivity index (χ0) is 11.8. The summed E-state index contributed by atoms with van der Waals surface area (Å²) in [5.74, 6) is 0. The molecule has 1 aliphatic carbocycles. The first-order chi connectivity index (χ1) is 8.24. The first kappa shape index (κ1) is 10.7. The summed E-state index contributed by atoms with van der Waals surface area (Å²) in [6.07, 6.45) is 6.50. The largest absolute Gasteiger partial charge is 0.310 e. The van der Waals surface area contributed by atoms with Gasteiger partial charge < -0.3 is 5.32 Å². The molecule has 0 aliphatic heterocycles. The number of nitrogens with zero attached hydrogens (tertiary/aromatic N) is 3. The van der Waals surface area contributed by atoms with E-state index in [0.717, 1.165) is 23.6 Å². The van der Waals surface area contributed by atoms with E-state index in [-0.39, 0.29) is 0 Å². The Labute approximate surface area is 101 Å². The van der Waals surface area contributed by atoms with Crippen molar-refractivity contribution in [1.29, 1.82) is 0 Å². The molecule has 1 fully saturated rings. The molecule has 90 valence electrons. The van der Waals surface area contributed by atoms with E-state index >= 15 is 0 Å². The minimum absolute atomic E-state index is 0.357. The Bertz CT molecular complexity index is 525. The molecule has 0 aromatic carbocycles. The van der Waals surface area contributed by atoms with Crippen LogP contribution >= 0.6 is 0 Å². The van der Waals surface area contributed by atoms with E-state index in [1.54, 1.807) is 0 Å². The topological polar surface area (TPSA) is 42.7 Å². The smallest absolute Gasteiger partial charge is 0.157 e. The van der Waals surface area contributed by atoms with Gasteiger partial charge in [0, 0.05) is 30.2 Å². The summed E-state index contributed by atoms with van der Waals surface area (Å²) >= 11 is 0. The highest BCUT2D eigenvalue weighted by molar-refractivity contribution is 5.75. The molecule has 0 atom stereocenters. The van der Waals surface area contributed by atoms with Crippen molar-refractivity contribution in [2.45, 2.75) is 45.3 Å². The van der Waals surface area contributed by atoms with Crippen molar-refractivity contribution in [3.05, 3.63) is 24.0 Å². The van der Waals surface area contributed by atoms with Crippen LogP contribution in [-0.2, 0) is 6.54 Å². The minimum atomic E-state index is 0.357. The molecule has 2 aromatic heterocycles. The SMILES string of the molecule is CC(C)n1ncc2cc(CNC3CC3)cnc21. The van der Waals surface area contributed by atoms with Crippen LogP contribution in [0.25, 0.3) is 11.0 Å². The Morgan fingerprint density at radius 3 is 2.94 bits per heavy atom. The molecule has 1 saturated carbocycles. The van der Waals surface area contributed by atoms with E-state index in [1.807, 2.05) is 17.1 Å². The molecule has 4 heteroatoms. The van der Waals surface area contributed by atoms with Crippen molar-refractivity contribution in [1.82, 2.24) is 20.1 Å². The Hall–Kier alpha value is -1.42. The predicted molar refractivity (Wildman–Crippen MR) is 67.8 cm³/mol. The lowest BCUT2D eigenvalue weighted by molar-refractivity contribution is 0.546. The third-order valence-electron chi connectivity index (χ3n) is 3.15. The van der Waals surface area contributed by atoms with Gasteiger partial charge >= 0.3 is 0 Å². The van der Waals surface area contributed by atoms with Gasteiger partial charge in [0.2, 0.25) is 0 Å². The number of rotatable bonds is 4. The monoisotopic (exact) mass is 230 g/mol. The average molecular weight is 230 g/mol. The van der Waals surface area contributed by atoms with Crippen molar-refractivity contribution in [2.24, 2.45) is 0 Å². The van der Waals surface area contributed by atoms with Gasteiger partial charge in [0.05, 0.1) is 6.20 Å². The third kappa shape index (κ3) is 2.17. The van der Waals surface area contributed by atoms with Crippen molar-refractivity contribution in [3.8, 4) is 0 Å². The van der Waals surface area contributed by atoms with Crippen molar-refractivity contribution in [3.63, 3.8) is 0 Å². The molecule has 0 unspecified atom stereocenters. The maximum atomic E-state index is 4.52. The van der Waals surface area contributed by atoms with Gasteiger partial charge in [-0.1, -0.05) is 0 Å². The van der Waals surface area contributed by atoms with Gasteiger partial charge in [-0.15, -0.1) is 0 Å². The number of nitrogens with one attached hydrogen (secondary N) is 1. The number of pyridine rings is 1. The average Bonchev–Trinajstić information content (AvgIpc) is 3.04. The summed E-state index contributed by atoms with van der Waals surface area (Å²) < 4.78 is 1.97. The first-order valence-electron chi connectivity index (χ1n) is 6.29. The molecule has 3 rings (SSSR count). The molecule has 2 heterocycles. The van der Waals surface area contributed by atoms with Crippen LogP contribution < -0.4 is 5.32 Å². The van der Waals surface area contributed by atoms with E-state index in [2.05, 4.69) is 35.3 Å². The maximum absolute atomic E-state index is 4.52. The van der Waals surface area contributed by atoms with Crippen LogP contribution in [0.4, 0.5) is 0 Å². The van der Waals surface area contributed by atoms with Crippen molar-refractivity contribution >= 4 is 11.0 Å². The highest BCUT2D eigenvalue weighted by atomic mass is 15.3. The molecule has 2 aromatic rings. The van der Waals surface area contributed by atoms with Crippen LogP contribution in [-0.4, -0.2) is 20.8 Å². The standard InChI is InChI=1S/C13H18N4/c1-9(2)17-13-11(8-16-17)5-10(7-15-13)6-14-12-3-4-12/h5,7-9,12,14H,3-4,6H2,1-2H3. The molecule has 0 radical (unpaired) electrons. The first-order valence-corrected chi connectivity index (χ1v) is 6.29. The zero-order valence-corrected chi connectivity index (χ0v) is 10.3. The molecular weight excluding hydrogens is 212 g/mol. The second kappa shape index (κ2) is 4.11. The zero-order valence-electron chi connectivity index (χ0n) is 10.3. The van der Waals surface area contributed by atoms with Crippen LogP contribution in [0, 0.1) is 0 Å². The fourth-order valence-corrected chi connectivity index (χ4v) is 2.01. The van der Waals surface area contributed by atoms with Gasteiger partial charge in [-0.3, -0.25) is 0 Å². The minimum Gasteiger partial charge on any atom is -0.310 e. The van der Waals surface area contributed by atoms with E-state index in [4.69, 9.17) is 0 Å². The fourth-order valence-electron chi connectivity index (χ4n) is 2.01. The molecular formula is C13H18N4. The summed E-state index contributed by atoms with van der Waals surface area (Å²) in [4.78, 5) is 4.52. The number of hydrogen-bond acceptors (Lipinski definition) is 3. The van der Waals surface area contributed by atoms with Gasteiger partial charge in [0.1, 0.15) is 0 Å². The number of aromatic nitrogens is 3. The van der Waals surface area contributed by atoms with E-state index in [0.29, 0.717) is 6.04 Å². The Morgan fingerprint density at radius 1 is 1.41 bits per heavy atom. The van der Waals surface area contributed by atoms with Crippen LogP contribution in [0.3, 0.4) is 0 Å². The van der Waals surface area contributed by atoms with Gasteiger partial charge in [-0.05, 0) is 38.3 Å². The van der Waals surface area contributed by atoms with E-state index in [9.17, 15) is 0 Å². The van der Waals surface area contributed by atoms with Gasteiger partial charge in [0.25, 0.3) is 0 Å². The van der Waals surface area contributed by atoms with Crippen LogP contribution in [0.1, 0.15) is 38.3 Å². The van der Waals surface area contributed by atoms with Gasteiger partial charge in [-0.25, -0.2) is 9.67 Å². The quantitative estimate of drug-likeness (QED) is 0.876. The number of fused-ring (bicyclic) bond motifs is 1. The van der Waals surface area contributed by atoms with Crippen LogP contribution in [0.15, 0.2) is 18.5 Å². The molecule has 17 heavy (non-hydrogen) atoms. The summed E-state index contributed by atoms with van der Waals surface area (Å²) in [6.45, 7) is 5.16. The van der Waals surface area contributed by atoms with Gasteiger partial charge in [0.15, 0.2) is 5.65 Å². The lowest BCUT2D eigenvalue weighted by atomic mass is 10.2. The normalized spacial score (nSPS) is 15.9. The lowest BCUT2D eigenvalue weighted by Gasteiger charge is -2.07. The predicted octanol–water partition coefficient (Wildman–Crippen LogP) is 2.26. The molecule has 0 amide bonds. The fraction of sp³-hybridized carbons (Fsp3) is 0.538. The van der Waals surface area contributed by atoms with Crippen LogP contribution in [0.5, 0.6) is 0 Å². The highest BCUT2D eigenvalue weighted by Gasteiger charge is 2.20. The molecule has 0 spiro atoms. The summed E-state index contributed by atoms with van der Waals surface area (Å²) in [7, 11) is 0. The second-order valence-corrected chi connectivity index (χ2v) is 5.09. The van der Waals surface area contributed by atoms with Gasteiger partial charge in [-0.2, -0.15) is 5.10 Å². The Kier molecular flexibility index (Phi) is 2.59. The van der Waals surface area contributed by atoms with Crippen LogP contribution in [0.2, 0.25) is 0 Å². The van der Waals surface area contributed by atoms with E-state index < -0.39 is 0 Å². The number of hydrogen-bond donors (Lipinski definition) is 1. The summed E-state index contributed by atoms with van der Waals surface area (Å²) in [5.41, 5.74) is 2.22. The molecule has 0 bridgehead atoms. The van der Waals surface area contributed by atoms with Crippen molar-refractivity contribution < 1.29 is 0 Å². The highest BCUT2D eigenvalue weighted by Crippen LogP contribution is 2.20. The molecule has 4 nitrogen and oxygen atoms in total. The maximum Gasteiger partial charge on any atom is 0.157 e. The molecule has 0 saturated heterocycles. The Morgan fingerprint density at radius 2 is 2.24 bits per heavy atom. The van der Waals surface area contributed by atoms with Crippen molar-refractivity contribution in [2.75, 3.05) is 0 Å². The second-order valence-electron chi connectivity index (χ2n) is 5.09. The molecule has 1 N–H and O–H groups in total. The lowest BCUT2D eigenvalue weighted by Crippen LogP contribution is -2.15. The third-order valence-corrected chi connectivity index (χ3v) is 3.15. The summed E-state index contributed by atoms with van der Waals surface area (Å²) in [6, 6.07) is 3.28. The Balaban J connectivity index is 1.85.